The van der Waals surface area contributed by atoms with Gasteiger partial charge in [0.1, 0.15) is 11.4 Å². The Morgan fingerprint density at radius 3 is 2.79 bits per heavy atom. The molecule has 3 heterocycles. The summed E-state index contributed by atoms with van der Waals surface area (Å²) in [7, 11) is 0. The van der Waals surface area contributed by atoms with Gasteiger partial charge in [0.25, 0.3) is 0 Å². The van der Waals surface area contributed by atoms with E-state index in [-0.39, 0.29) is 23.5 Å². The first kappa shape index (κ1) is 20.9. The largest absolute Gasteiger partial charge is 0.444 e. The lowest BCUT2D eigenvalue weighted by Gasteiger charge is -2.40. The predicted octanol–water partition coefficient (Wildman–Crippen LogP) is 3.77. The van der Waals surface area contributed by atoms with Crippen LogP contribution in [0.25, 0.3) is 0 Å². The zero-order valence-corrected chi connectivity index (χ0v) is 17.8. The maximum Gasteiger partial charge on any atom is 0.410 e. The van der Waals surface area contributed by atoms with E-state index in [1.54, 1.807) is 11.0 Å². The van der Waals surface area contributed by atoms with Gasteiger partial charge in [-0.05, 0) is 52.1 Å². The Labute approximate surface area is 171 Å². The number of anilines is 1. The molecule has 1 aromatic rings. The number of nitrogens with zero attached hydrogens (tertiary/aromatic N) is 4. The first-order valence-electron chi connectivity index (χ1n) is 9.72. The van der Waals surface area contributed by atoms with Crippen molar-refractivity contribution in [2.45, 2.75) is 58.2 Å². The summed E-state index contributed by atoms with van der Waals surface area (Å²) in [6.07, 6.45) is 2.67. The number of morpholine rings is 1. The van der Waals surface area contributed by atoms with Crippen molar-refractivity contribution in [2.75, 3.05) is 31.2 Å². The van der Waals surface area contributed by atoms with E-state index >= 15 is 0 Å². The van der Waals surface area contributed by atoms with Crippen LogP contribution in [-0.2, 0) is 15.9 Å². The summed E-state index contributed by atoms with van der Waals surface area (Å²) in [6.45, 7) is 14.2. The van der Waals surface area contributed by atoms with Crippen LogP contribution in [0.15, 0.2) is 12.7 Å². The number of aromatic nitrogens is 2. The monoisotopic (exact) mass is 408 g/mol. The predicted molar refractivity (Wildman–Crippen MR) is 109 cm³/mol. The average molecular weight is 409 g/mol. The molecule has 28 heavy (non-hydrogen) atoms. The quantitative estimate of drug-likeness (QED) is 0.560. The standard InChI is InChI=1S/C20H29ClN4O3/c1-6-7-15-16-14(8-9-25(15)19(26)28-20(3,4)5)17(23-18(21)22-16)24-10-11-27-12-13(24)2/h6,13,15H,1,7-12H2,2-5H3/t13-,15?/m0/s1. The van der Waals surface area contributed by atoms with E-state index in [9.17, 15) is 4.79 Å². The smallest absolute Gasteiger partial charge is 0.410 e. The third-order valence-corrected chi connectivity index (χ3v) is 5.11. The number of ether oxygens (including phenoxy) is 2. The molecular formula is C20H29ClN4O3. The third kappa shape index (κ3) is 4.41. The second kappa shape index (κ2) is 8.25. The Kier molecular flexibility index (Phi) is 6.15. The van der Waals surface area contributed by atoms with Gasteiger partial charge in [-0.25, -0.2) is 14.8 Å². The van der Waals surface area contributed by atoms with Crippen molar-refractivity contribution in [2.24, 2.45) is 0 Å². The maximum atomic E-state index is 12.8. The second-order valence-corrected chi connectivity index (χ2v) is 8.60. The lowest BCUT2D eigenvalue weighted by atomic mass is 9.95. The second-order valence-electron chi connectivity index (χ2n) is 8.26. The van der Waals surface area contributed by atoms with Crippen LogP contribution in [0.4, 0.5) is 10.6 Å². The van der Waals surface area contributed by atoms with Gasteiger partial charge in [-0.2, -0.15) is 0 Å². The SMILES string of the molecule is C=CCC1c2nc(Cl)nc(N3CCOC[C@@H]3C)c2CCN1C(=O)OC(C)(C)C. The molecule has 2 aliphatic heterocycles. The highest BCUT2D eigenvalue weighted by molar-refractivity contribution is 6.28. The van der Waals surface area contributed by atoms with Gasteiger partial charge in [-0.15, -0.1) is 6.58 Å². The molecule has 0 radical (unpaired) electrons. The van der Waals surface area contributed by atoms with Crippen molar-refractivity contribution in [3.8, 4) is 0 Å². The zero-order valence-electron chi connectivity index (χ0n) is 17.1. The van der Waals surface area contributed by atoms with E-state index in [4.69, 9.17) is 21.1 Å². The van der Waals surface area contributed by atoms with E-state index in [0.29, 0.717) is 32.6 Å². The number of halogens is 1. The van der Waals surface area contributed by atoms with E-state index < -0.39 is 5.60 Å². The minimum atomic E-state index is -0.562. The third-order valence-electron chi connectivity index (χ3n) is 4.94. The van der Waals surface area contributed by atoms with Crippen LogP contribution in [0.2, 0.25) is 5.28 Å². The summed E-state index contributed by atoms with van der Waals surface area (Å²) >= 11 is 6.31. The van der Waals surface area contributed by atoms with Crippen molar-refractivity contribution >= 4 is 23.5 Å². The molecule has 8 heteroatoms. The molecule has 3 rings (SSSR count). The van der Waals surface area contributed by atoms with Crippen molar-refractivity contribution in [3.63, 3.8) is 0 Å². The molecule has 0 aliphatic carbocycles. The lowest BCUT2D eigenvalue weighted by molar-refractivity contribution is 0.0138. The summed E-state index contributed by atoms with van der Waals surface area (Å²) < 4.78 is 11.2. The first-order valence-corrected chi connectivity index (χ1v) is 10.1. The lowest BCUT2D eigenvalue weighted by Crippen LogP contribution is -2.47. The molecule has 1 aromatic heterocycles. The Hall–Kier alpha value is -1.86. The molecular weight excluding hydrogens is 380 g/mol. The highest BCUT2D eigenvalue weighted by atomic mass is 35.5. The number of hydrogen-bond acceptors (Lipinski definition) is 6. The minimum Gasteiger partial charge on any atom is -0.444 e. The molecule has 0 N–H and O–H groups in total. The highest BCUT2D eigenvalue weighted by Crippen LogP contribution is 2.37. The summed E-state index contributed by atoms with van der Waals surface area (Å²) in [6, 6.07) is -0.0720. The number of rotatable bonds is 3. The highest BCUT2D eigenvalue weighted by Gasteiger charge is 2.37. The Morgan fingerprint density at radius 2 is 2.14 bits per heavy atom. The van der Waals surface area contributed by atoms with Gasteiger partial charge in [-0.3, -0.25) is 4.90 Å². The molecule has 2 aliphatic rings. The Bertz CT molecular complexity index is 750. The van der Waals surface area contributed by atoms with Gasteiger partial charge in [0, 0.05) is 18.7 Å². The van der Waals surface area contributed by atoms with E-state index in [1.807, 2.05) is 20.8 Å². The fraction of sp³-hybridized carbons (Fsp3) is 0.650. The van der Waals surface area contributed by atoms with Crippen LogP contribution >= 0.6 is 11.6 Å². The molecule has 0 saturated carbocycles. The van der Waals surface area contributed by atoms with Crippen LogP contribution in [0.1, 0.15) is 51.4 Å². The van der Waals surface area contributed by atoms with Crippen molar-refractivity contribution in [3.05, 3.63) is 29.2 Å². The van der Waals surface area contributed by atoms with Crippen LogP contribution in [0.3, 0.4) is 0 Å². The van der Waals surface area contributed by atoms with Crippen molar-refractivity contribution in [1.29, 1.82) is 0 Å². The first-order chi connectivity index (χ1) is 13.2. The molecule has 2 atom stereocenters. The van der Waals surface area contributed by atoms with E-state index in [2.05, 4.69) is 28.4 Å². The minimum absolute atomic E-state index is 0.188. The van der Waals surface area contributed by atoms with Crippen LogP contribution in [0.5, 0.6) is 0 Å². The van der Waals surface area contributed by atoms with Gasteiger partial charge in [-0.1, -0.05) is 6.08 Å². The summed E-state index contributed by atoms with van der Waals surface area (Å²) in [5, 5.41) is 0.188. The molecule has 1 saturated heterocycles. The summed E-state index contributed by atoms with van der Waals surface area (Å²) in [5.74, 6) is 0.851. The maximum absolute atomic E-state index is 12.8. The molecule has 1 fully saturated rings. The molecule has 1 amide bonds. The fourth-order valence-corrected chi connectivity index (χ4v) is 3.90. The average Bonchev–Trinajstić information content (AvgIpc) is 2.60. The Balaban J connectivity index is 2.00. The van der Waals surface area contributed by atoms with Gasteiger partial charge < -0.3 is 14.4 Å². The Morgan fingerprint density at radius 1 is 1.39 bits per heavy atom. The number of carbonyl (C=O) groups is 1. The topological polar surface area (TPSA) is 67.8 Å². The van der Waals surface area contributed by atoms with Gasteiger partial charge in [0.2, 0.25) is 5.28 Å². The zero-order chi connectivity index (χ0) is 20.5. The molecule has 154 valence electrons. The fourth-order valence-electron chi connectivity index (χ4n) is 3.73. The van der Waals surface area contributed by atoms with E-state index in [0.717, 1.165) is 23.6 Å². The van der Waals surface area contributed by atoms with Crippen LogP contribution < -0.4 is 4.90 Å². The summed E-state index contributed by atoms with van der Waals surface area (Å²) in [4.78, 5) is 25.8. The number of carbonyl (C=O) groups excluding carboxylic acids is 1. The molecule has 0 aromatic carbocycles. The van der Waals surface area contributed by atoms with E-state index in [1.165, 1.54) is 0 Å². The molecule has 1 unspecified atom stereocenters. The van der Waals surface area contributed by atoms with Gasteiger partial charge >= 0.3 is 6.09 Å². The van der Waals surface area contributed by atoms with Crippen LogP contribution in [-0.4, -0.2) is 58.9 Å². The number of hydrogen-bond donors (Lipinski definition) is 0. The number of fused-ring (bicyclic) bond motifs is 1. The normalized spacial score (nSPS) is 22.6. The molecule has 7 nitrogen and oxygen atoms in total. The van der Waals surface area contributed by atoms with Gasteiger partial charge in [0.15, 0.2) is 0 Å². The van der Waals surface area contributed by atoms with Crippen molar-refractivity contribution < 1.29 is 14.3 Å². The number of amides is 1. The van der Waals surface area contributed by atoms with Crippen molar-refractivity contribution in [1.82, 2.24) is 14.9 Å². The summed E-state index contributed by atoms with van der Waals surface area (Å²) in [5.41, 5.74) is 1.27. The van der Waals surface area contributed by atoms with Gasteiger partial charge in [0.05, 0.1) is 31.0 Å². The van der Waals surface area contributed by atoms with Crippen LogP contribution in [0, 0.1) is 0 Å². The molecule has 0 bridgehead atoms. The molecule has 0 spiro atoms.